The second-order valence-electron chi connectivity index (χ2n) is 9.96. The molecule has 2 aliphatic rings. The molecular weight excluding hydrogens is 506 g/mol. The van der Waals surface area contributed by atoms with Crippen molar-refractivity contribution in [3.05, 3.63) is 101 Å². The minimum Gasteiger partial charge on any atom is -0.338 e. The Bertz CT molecular complexity index is 1280. The van der Waals surface area contributed by atoms with Gasteiger partial charge >= 0.3 is 0 Å². The van der Waals surface area contributed by atoms with Crippen LogP contribution in [0, 0.1) is 5.92 Å². The van der Waals surface area contributed by atoms with Gasteiger partial charge < -0.3 is 10.2 Å². The van der Waals surface area contributed by atoms with Crippen LogP contribution in [0.15, 0.2) is 89.8 Å². The molecule has 37 heavy (non-hydrogen) atoms. The van der Waals surface area contributed by atoms with Crippen molar-refractivity contribution in [2.75, 3.05) is 19.6 Å². The molecule has 3 aromatic carbocycles. The van der Waals surface area contributed by atoms with E-state index in [1.54, 1.807) is 12.1 Å². The lowest BCUT2D eigenvalue weighted by Crippen LogP contribution is -2.53. The molecule has 0 spiro atoms. The molecule has 1 saturated heterocycles. The van der Waals surface area contributed by atoms with Crippen LogP contribution in [0.4, 0.5) is 0 Å². The van der Waals surface area contributed by atoms with Crippen LogP contribution in [-0.4, -0.2) is 50.9 Å². The monoisotopic (exact) mass is 537 g/mol. The topological polar surface area (TPSA) is 78.5 Å². The highest BCUT2D eigenvalue weighted by Gasteiger charge is 2.39. The molecule has 1 aliphatic heterocycles. The fourth-order valence-corrected chi connectivity index (χ4v) is 6.70. The lowest BCUT2D eigenvalue weighted by Gasteiger charge is -2.35. The highest BCUT2D eigenvalue weighted by Crippen LogP contribution is 2.34. The summed E-state index contributed by atoms with van der Waals surface area (Å²) < 4.78 is 28.7. The average Bonchev–Trinajstić information content (AvgIpc) is 3.75. The molecule has 2 fully saturated rings. The second kappa shape index (κ2) is 11.4. The van der Waals surface area contributed by atoms with E-state index in [2.05, 4.69) is 34.3 Å². The van der Waals surface area contributed by atoms with E-state index in [1.807, 2.05) is 41.3 Å². The zero-order valence-electron chi connectivity index (χ0n) is 20.6. The van der Waals surface area contributed by atoms with Crippen LogP contribution >= 0.6 is 11.6 Å². The number of carbonyl (C=O) groups is 1. The van der Waals surface area contributed by atoms with E-state index < -0.39 is 10.0 Å². The molecule has 0 radical (unpaired) electrons. The van der Waals surface area contributed by atoms with Gasteiger partial charge in [-0.1, -0.05) is 78.3 Å². The maximum atomic E-state index is 13.9. The minimum absolute atomic E-state index is 0.0700. The molecule has 3 aromatic rings. The van der Waals surface area contributed by atoms with Gasteiger partial charge in [-0.15, -0.1) is 0 Å². The standard InChI is InChI=1S/C29H32ClN3O3S/c30-24-12-7-13-27(17-24)37(35,36)32-25-16-23(18-31-19-25)29(34)33(26-14-15-26)20-28(21-8-3-1-4-9-21)22-10-5-2-6-11-22/h1-13,17,23,25-26,28,31-32H,14-16,18-20H2/t23-,25-/m0/s1. The quantitative estimate of drug-likeness (QED) is 0.423. The first-order valence-electron chi connectivity index (χ1n) is 12.8. The third-order valence-corrected chi connectivity index (χ3v) is 8.94. The molecule has 1 saturated carbocycles. The van der Waals surface area contributed by atoms with Crippen LogP contribution < -0.4 is 10.0 Å². The Labute approximate surface area is 224 Å². The summed E-state index contributed by atoms with van der Waals surface area (Å²) in [5.74, 6) is -0.132. The lowest BCUT2D eigenvalue weighted by molar-refractivity contribution is -0.137. The Morgan fingerprint density at radius 1 is 0.946 bits per heavy atom. The second-order valence-corrected chi connectivity index (χ2v) is 12.1. The molecule has 0 bridgehead atoms. The fraction of sp³-hybridized carbons (Fsp3) is 0.345. The predicted molar refractivity (Wildman–Crippen MR) is 146 cm³/mol. The van der Waals surface area contributed by atoms with Gasteiger partial charge in [-0.25, -0.2) is 13.1 Å². The Morgan fingerprint density at radius 3 is 2.19 bits per heavy atom. The number of sulfonamides is 1. The normalized spacial score (nSPS) is 20.1. The largest absolute Gasteiger partial charge is 0.338 e. The number of nitrogens with one attached hydrogen (secondary N) is 2. The average molecular weight is 538 g/mol. The number of hydrogen-bond donors (Lipinski definition) is 2. The Hall–Kier alpha value is -2.71. The SMILES string of the molecule is O=C([C@@H]1CNC[C@@H](NS(=O)(=O)c2cccc(Cl)c2)C1)N(CC(c1ccccc1)c1ccccc1)C1CC1. The van der Waals surface area contributed by atoms with Crippen LogP contribution in [0.3, 0.4) is 0 Å². The molecule has 1 aliphatic carbocycles. The number of benzene rings is 3. The molecule has 8 heteroatoms. The predicted octanol–water partition coefficient (Wildman–Crippen LogP) is 4.42. The van der Waals surface area contributed by atoms with Gasteiger partial charge in [0.1, 0.15) is 0 Å². The van der Waals surface area contributed by atoms with E-state index in [0.717, 1.165) is 12.8 Å². The fourth-order valence-electron chi connectivity index (χ4n) is 5.15. The highest BCUT2D eigenvalue weighted by atomic mass is 35.5. The maximum absolute atomic E-state index is 13.9. The zero-order valence-corrected chi connectivity index (χ0v) is 22.2. The Kier molecular flexibility index (Phi) is 7.95. The number of amides is 1. The van der Waals surface area contributed by atoms with Gasteiger partial charge in [0.2, 0.25) is 15.9 Å². The minimum atomic E-state index is -3.75. The Morgan fingerprint density at radius 2 is 1.59 bits per heavy atom. The molecule has 194 valence electrons. The van der Waals surface area contributed by atoms with E-state index in [1.165, 1.54) is 23.3 Å². The van der Waals surface area contributed by atoms with Crippen molar-refractivity contribution in [1.82, 2.24) is 14.9 Å². The van der Waals surface area contributed by atoms with Crippen molar-refractivity contribution in [1.29, 1.82) is 0 Å². The lowest BCUT2D eigenvalue weighted by atomic mass is 9.89. The summed E-state index contributed by atoms with van der Waals surface area (Å²) in [5, 5.41) is 3.65. The number of rotatable bonds is 9. The van der Waals surface area contributed by atoms with Crippen LogP contribution in [0.25, 0.3) is 0 Å². The number of carbonyl (C=O) groups excluding carboxylic acids is 1. The van der Waals surface area contributed by atoms with Gasteiger partial charge in [0.15, 0.2) is 0 Å². The summed E-state index contributed by atoms with van der Waals surface area (Å²) in [7, 11) is -3.75. The third-order valence-electron chi connectivity index (χ3n) is 7.18. The zero-order chi connectivity index (χ0) is 25.8. The highest BCUT2D eigenvalue weighted by molar-refractivity contribution is 7.89. The molecule has 2 N–H and O–H groups in total. The first kappa shape index (κ1) is 25.9. The van der Waals surface area contributed by atoms with E-state index >= 15 is 0 Å². The molecule has 5 rings (SSSR count). The molecule has 1 amide bonds. The van der Waals surface area contributed by atoms with Gasteiger partial charge in [0.05, 0.1) is 10.8 Å². The molecule has 0 aromatic heterocycles. The van der Waals surface area contributed by atoms with Crippen molar-refractivity contribution in [3.63, 3.8) is 0 Å². The summed E-state index contributed by atoms with van der Waals surface area (Å²) in [4.78, 5) is 16.1. The summed E-state index contributed by atoms with van der Waals surface area (Å²) in [5.41, 5.74) is 2.36. The van der Waals surface area contributed by atoms with Crippen LogP contribution in [-0.2, 0) is 14.8 Å². The molecular formula is C29H32ClN3O3S. The van der Waals surface area contributed by atoms with Crippen molar-refractivity contribution in [2.45, 2.75) is 42.2 Å². The van der Waals surface area contributed by atoms with E-state index in [-0.39, 0.29) is 34.7 Å². The summed E-state index contributed by atoms with van der Waals surface area (Å²) >= 11 is 6.00. The van der Waals surface area contributed by atoms with Gasteiger partial charge in [0.25, 0.3) is 0 Å². The first-order valence-corrected chi connectivity index (χ1v) is 14.7. The Balaban J connectivity index is 1.32. The summed E-state index contributed by atoms with van der Waals surface area (Å²) in [6.07, 6.45) is 2.47. The van der Waals surface area contributed by atoms with Crippen LogP contribution in [0.2, 0.25) is 5.02 Å². The molecule has 1 heterocycles. The van der Waals surface area contributed by atoms with Crippen molar-refractivity contribution in [2.24, 2.45) is 5.92 Å². The number of piperidine rings is 1. The van der Waals surface area contributed by atoms with Gasteiger partial charge in [0, 0.05) is 42.7 Å². The molecule has 6 nitrogen and oxygen atoms in total. The number of hydrogen-bond acceptors (Lipinski definition) is 4. The molecule has 2 atom stereocenters. The summed E-state index contributed by atoms with van der Waals surface area (Å²) in [6.45, 7) is 1.62. The van der Waals surface area contributed by atoms with E-state index in [9.17, 15) is 13.2 Å². The maximum Gasteiger partial charge on any atom is 0.240 e. The van der Waals surface area contributed by atoms with Crippen molar-refractivity contribution in [3.8, 4) is 0 Å². The van der Waals surface area contributed by atoms with Gasteiger partial charge in [-0.2, -0.15) is 0 Å². The van der Waals surface area contributed by atoms with Gasteiger partial charge in [-0.05, 0) is 48.6 Å². The molecule has 0 unspecified atom stereocenters. The number of halogens is 1. The van der Waals surface area contributed by atoms with Crippen LogP contribution in [0.1, 0.15) is 36.3 Å². The van der Waals surface area contributed by atoms with Gasteiger partial charge in [-0.3, -0.25) is 4.79 Å². The smallest absolute Gasteiger partial charge is 0.240 e. The van der Waals surface area contributed by atoms with Crippen molar-refractivity contribution >= 4 is 27.5 Å². The van der Waals surface area contributed by atoms with Crippen LogP contribution in [0.5, 0.6) is 0 Å². The summed E-state index contributed by atoms with van der Waals surface area (Å²) in [6, 6.07) is 26.7. The van der Waals surface area contributed by atoms with Crippen molar-refractivity contribution < 1.29 is 13.2 Å². The number of nitrogens with zero attached hydrogens (tertiary/aromatic N) is 1. The van der Waals surface area contributed by atoms with E-state index in [4.69, 9.17) is 11.6 Å². The van der Waals surface area contributed by atoms with E-state index in [0.29, 0.717) is 31.1 Å². The third kappa shape index (κ3) is 6.41. The first-order chi connectivity index (χ1) is 17.9.